The molecule has 1 fully saturated rings. The van der Waals surface area contributed by atoms with Crippen LogP contribution in [0.15, 0.2) is 16.9 Å². The van der Waals surface area contributed by atoms with Crippen LogP contribution in [0.2, 0.25) is 0 Å². The van der Waals surface area contributed by atoms with E-state index in [0.29, 0.717) is 6.42 Å². The molecule has 1 aromatic heterocycles. The summed E-state index contributed by atoms with van der Waals surface area (Å²) in [6, 6.07) is 0. The van der Waals surface area contributed by atoms with Gasteiger partial charge >= 0.3 is 5.97 Å². The number of carboxylic acids is 1. The van der Waals surface area contributed by atoms with Gasteiger partial charge in [0.1, 0.15) is 17.4 Å². The van der Waals surface area contributed by atoms with Crippen molar-refractivity contribution in [2.45, 2.75) is 50.6 Å². The lowest BCUT2D eigenvalue weighted by Gasteiger charge is -2.43. The number of hydrogen-bond acceptors (Lipinski definition) is 7. The molecule has 1 saturated heterocycles. The fourth-order valence-corrected chi connectivity index (χ4v) is 4.71. The minimum absolute atomic E-state index is 0.0902. The van der Waals surface area contributed by atoms with E-state index in [4.69, 9.17) is 0 Å². The summed E-state index contributed by atoms with van der Waals surface area (Å²) in [6.45, 7) is 2.29. The summed E-state index contributed by atoms with van der Waals surface area (Å²) in [5.41, 5.74) is 0.0902. The first kappa shape index (κ1) is 16.9. The Hall–Kier alpha value is -1.94. The number of aryl methyl sites for hydroxylation is 1. The van der Waals surface area contributed by atoms with Crippen molar-refractivity contribution in [1.82, 2.24) is 25.1 Å². The lowest BCUT2D eigenvalue weighted by Crippen LogP contribution is -2.60. The van der Waals surface area contributed by atoms with Crippen LogP contribution in [0.25, 0.3) is 0 Å². The van der Waals surface area contributed by atoms with Gasteiger partial charge in [0, 0.05) is 11.4 Å². The number of carbonyl (C=O) groups excluding carboxylic acids is 1. The van der Waals surface area contributed by atoms with E-state index in [9.17, 15) is 19.8 Å². The highest BCUT2D eigenvalue weighted by atomic mass is 32.2. The van der Waals surface area contributed by atoms with E-state index in [-0.39, 0.29) is 17.0 Å². The molecule has 3 heterocycles. The molecule has 2 aliphatic rings. The molecular formula is C14H19N5O4S. The van der Waals surface area contributed by atoms with E-state index < -0.39 is 18.0 Å². The van der Waals surface area contributed by atoms with Crippen LogP contribution in [0.1, 0.15) is 32.6 Å². The SMILES string of the molecule is C[C@@H](O)[C@H]1C(=O)N2C(C(=O)O)=C(CCCCCn3cnnn3)S[C@H]12. The number of thioether (sulfide) groups is 1. The molecule has 10 heteroatoms. The Balaban J connectivity index is 1.54. The van der Waals surface area contributed by atoms with Crippen molar-refractivity contribution in [1.29, 1.82) is 0 Å². The van der Waals surface area contributed by atoms with Crippen LogP contribution in [-0.4, -0.2) is 58.7 Å². The van der Waals surface area contributed by atoms with Gasteiger partial charge in [0.15, 0.2) is 0 Å². The molecule has 0 spiro atoms. The normalized spacial score (nSPS) is 24.1. The summed E-state index contributed by atoms with van der Waals surface area (Å²) in [6.07, 6.45) is 4.05. The van der Waals surface area contributed by atoms with E-state index in [2.05, 4.69) is 15.5 Å². The lowest BCUT2D eigenvalue weighted by atomic mass is 9.92. The highest BCUT2D eigenvalue weighted by Crippen LogP contribution is 2.51. The number of aromatic nitrogens is 4. The van der Waals surface area contributed by atoms with Gasteiger partial charge in [0.25, 0.3) is 0 Å². The topological polar surface area (TPSA) is 121 Å². The van der Waals surface area contributed by atoms with Crippen LogP contribution in [0.5, 0.6) is 0 Å². The second kappa shape index (κ2) is 6.89. The fourth-order valence-electron chi connectivity index (χ4n) is 3.05. The number of fused-ring (bicyclic) bond motifs is 1. The zero-order valence-electron chi connectivity index (χ0n) is 13.2. The van der Waals surface area contributed by atoms with Gasteiger partial charge in [-0.3, -0.25) is 9.69 Å². The van der Waals surface area contributed by atoms with Gasteiger partial charge in [0.2, 0.25) is 5.91 Å². The number of tetrazole rings is 1. The van der Waals surface area contributed by atoms with E-state index >= 15 is 0 Å². The quantitative estimate of drug-likeness (QED) is 0.510. The molecule has 1 amide bonds. The molecule has 2 N–H and O–H groups in total. The van der Waals surface area contributed by atoms with Crippen molar-refractivity contribution in [3.8, 4) is 0 Å². The number of aliphatic carboxylic acids is 1. The van der Waals surface area contributed by atoms with Crippen molar-refractivity contribution < 1.29 is 19.8 Å². The van der Waals surface area contributed by atoms with Gasteiger partial charge < -0.3 is 10.2 Å². The third-order valence-electron chi connectivity index (χ3n) is 4.26. The van der Waals surface area contributed by atoms with Crippen molar-refractivity contribution in [2.24, 2.45) is 5.92 Å². The van der Waals surface area contributed by atoms with E-state index in [0.717, 1.165) is 30.7 Å². The molecule has 2 aliphatic heterocycles. The third kappa shape index (κ3) is 3.03. The maximum atomic E-state index is 12.1. The standard InChI is InChI=1S/C14H19N5O4S/c1-8(20)10-12(21)19-11(14(22)23)9(24-13(10)19)5-3-2-4-6-18-7-15-16-17-18/h7-8,10,13,20H,2-6H2,1H3,(H,22,23)/t8-,10+,13-/m1/s1. The summed E-state index contributed by atoms with van der Waals surface area (Å²) in [4.78, 5) is 25.6. The zero-order valence-corrected chi connectivity index (χ0v) is 14.0. The van der Waals surface area contributed by atoms with Crippen LogP contribution >= 0.6 is 11.8 Å². The molecule has 3 rings (SSSR count). The molecule has 24 heavy (non-hydrogen) atoms. The maximum absolute atomic E-state index is 12.1. The Bertz CT molecular complexity index is 660. The predicted octanol–water partition coefficient (Wildman–Crippen LogP) is 0.442. The summed E-state index contributed by atoms with van der Waals surface area (Å²) in [5, 5.41) is 29.7. The molecular weight excluding hydrogens is 334 g/mol. The van der Waals surface area contributed by atoms with Crippen molar-refractivity contribution >= 4 is 23.6 Å². The molecule has 9 nitrogen and oxygen atoms in total. The highest BCUT2D eigenvalue weighted by Gasteiger charge is 2.57. The number of carboxylic acid groups (broad SMARTS) is 1. The minimum atomic E-state index is -1.08. The van der Waals surface area contributed by atoms with Crippen molar-refractivity contribution in [2.75, 3.05) is 0 Å². The first-order chi connectivity index (χ1) is 11.5. The number of hydrogen-bond donors (Lipinski definition) is 2. The van der Waals surface area contributed by atoms with E-state index in [1.54, 1.807) is 17.9 Å². The monoisotopic (exact) mass is 353 g/mol. The summed E-state index contributed by atoms with van der Waals surface area (Å²) in [5.74, 6) is -1.89. The van der Waals surface area contributed by atoms with Gasteiger partial charge in [-0.25, -0.2) is 9.48 Å². The molecule has 0 aliphatic carbocycles. The Labute approximate surface area is 142 Å². The fraction of sp³-hybridized carbons (Fsp3) is 0.643. The summed E-state index contributed by atoms with van der Waals surface area (Å²) in [7, 11) is 0. The van der Waals surface area contributed by atoms with Crippen LogP contribution in [0.3, 0.4) is 0 Å². The number of aliphatic hydroxyl groups excluding tert-OH is 1. The largest absolute Gasteiger partial charge is 0.477 e. The number of allylic oxidation sites excluding steroid dienone is 1. The second-order valence-electron chi connectivity index (χ2n) is 5.94. The Morgan fingerprint density at radius 2 is 2.21 bits per heavy atom. The number of aliphatic hydroxyl groups is 1. The Kier molecular flexibility index (Phi) is 4.86. The number of β-lactam (4-membered cyclic amide) rings is 1. The molecule has 130 valence electrons. The van der Waals surface area contributed by atoms with Gasteiger partial charge in [-0.2, -0.15) is 0 Å². The third-order valence-corrected chi connectivity index (χ3v) is 5.68. The molecule has 0 saturated carbocycles. The van der Waals surface area contributed by atoms with Crippen LogP contribution in [0.4, 0.5) is 0 Å². The molecule has 0 aromatic carbocycles. The number of amides is 1. The van der Waals surface area contributed by atoms with E-state index in [1.807, 2.05) is 0 Å². The van der Waals surface area contributed by atoms with Gasteiger partial charge in [-0.05, 0) is 36.6 Å². The molecule has 0 unspecified atom stereocenters. The van der Waals surface area contributed by atoms with Gasteiger partial charge in [-0.1, -0.05) is 6.42 Å². The average molecular weight is 353 g/mol. The second-order valence-corrected chi connectivity index (χ2v) is 7.16. The summed E-state index contributed by atoms with van der Waals surface area (Å²) < 4.78 is 1.66. The van der Waals surface area contributed by atoms with Gasteiger partial charge in [-0.15, -0.1) is 16.9 Å². The maximum Gasteiger partial charge on any atom is 0.353 e. The van der Waals surface area contributed by atoms with Crippen molar-refractivity contribution in [3.63, 3.8) is 0 Å². The Morgan fingerprint density at radius 3 is 2.83 bits per heavy atom. The van der Waals surface area contributed by atoms with Crippen LogP contribution in [-0.2, 0) is 16.1 Å². The van der Waals surface area contributed by atoms with Crippen molar-refractivity contribution in [3.05, 3.63) is 16.9 Å². The average Bonchev–Trinajstić information content (AvgIpc) is 3.12. The Morgan fingerprint density at radius 1 is 1.42 bits per heavy atom. The van der Waals surface area contributed by atoms with E-state index in [1.165, 1.54) is 16.7 Å². The number of carbonyl (C=O) groups is 2. The first-order valence-corrected chi connectivity index (χ1v) is 8.73. The van der Waals surface area contributed by atoms with Crippen LogP contribution < -0.4 is 0 Å². The predicted molar refractivity (Wildman–Crippen MR) is 84.3 cm³/mol. The molecule has 3 atom stereocenters. The molecule has 1 aromatic rings. The van der Waals surface area contributed by atoms with Gasteiger partial charge in [0.05, 0.1) is 12.0 Å². The zero-order chi connectivity index (χ0) is 17.3. The highest BCUT2D eigenvalue weighted by molar-refractivity contribution is 8.04. The molecule has 0 radical (unpaired) electrons. The lowest BCUT2D eigenvalue weighted by molar-refractivity contribution is -0.156. The molecule has 0 bridgehead atoms. The number of unbranched alkanes of at least 4 members (excludes halogenated alkanes) is 2. The summed E-state index contributed by atoms with van der Waals surface area (Å²) >= 11 is 1.40. The minimum Gasteiger partial charge on any atom is -0.477 e. The van der Waals surface area contributed by atoms with Crippen LogP contribution in [0, 0.1) is 5.92 Å². The first-order valence-electron chi connectivity index (χ1n) is 7.85. The number of nitrogens with zero attached hydrogens (tertiary/aromatic N) is 5. The number of rotatable bonds is 8. The smallest absolute Gasteiger partial charge is 0.353 e.